The molecular formula is C9H12N2O. The van der Waals surface area contributed by atoms with Crippen LogP contribution >= 0.6 is 0 Å². The first-order chi connectivity index (χ1) is 5.78. The van der Waals surface area contributed by atoms with E-state index < -0.39 is 5.41 Å². The van der Waals surface area contributed by atoms with Crippen LogP contribution < -0.4 is 0 Å². The molecule has 2 rings (SSSR count). The number of amides is 1. The summed E-state index contributed by atoms with van der Waals surface area (Å²) in [4.78, 5) is 13.4. The van der Waals surface area contributed by atoms with E-state index in [1.54, 1.807) is 4.90 Å². The summed E-state index contributed by atoms with van der Waals surface area (Å²) in [6.45, 7) is 1.73. The molecule has 0 aromatic carbocycles. The molecule has 0 unspecified atom stereocenters. The van der Waals surface area contributed by atoms with Crippen LogP contribution in [0.2, 0.25) is 0 Å². The molecule has 0 atom stereocenters. The van der Waals surface area contributed by atoms with Crippen LogP contribution in [-0.2, 0) is 4.79 Å². The van der Waals surface area contributed by atoms with Gasteiger partial charge >= 0.3 is 0 Å². The van der Waals surface area contributed by atoms with Gasteiger partial charge in [-0.1, -0.05) is 12.8 Å². The summed E-state index contributed by atoms with van der Waals surface area (Å²) < 4.78 is 0. The third-order valence-electron chi connectivity index (χ3n) is 2.81. The van der Waals surface area contributed by atoms with Crippen molar-refractivity contribution in [3.8, 4) is 6.07 Å². The highest BCUT2D eigenvalue weighted by atomic mass is 16.2. The Hall–Kier alpha value is -1.04. The zero-order valence-corrected chi connectivity index (χ0v) is 7.05. The summed E-state index contributed by atoms with van der Waals surface area (Å²) in [6, 6.07) is 2.21. The molecule has 0 N–H and O–H groups in total. The van der Waals surface area contributed by atoms with Gasteiger partial charge in [-0.05, 0) is 12.8 Å². The number of carbonyl (C=O) groups excluding carboxylic acids is 1. The Morgan fingerprint density at radius 3 is 2.33 bits per heavy atom. The summed E-state index contributed by atoms with van der Waals surface area (Å²) in [5.41, 5.74) is -0.628. The molecule has 3 heteroatoms. The topological polar surface area (TPSA) is 43.9 Å². The molecule has 0 aromatic heterocycles. The first-order valence-electron chi connectivity index (χ1n) is 4.49. The molecule has 3 nitrogen and oxygen atoms in total. The van der Waals surface area contributed by atoms with Crippen molar-refractivity contribution in [2.45, 2.75) is 25.7 Å². The van der Waals surface area contributed by atoms with Gasteiger partial charge in [0.2, 0.25) is 5.91 Å². The molecule has 1 saturated carbocycles. The van der Waals surface area contributed by atoms with E-state index in [1.807, 2.05) is 0 Å². The normalized spacial score (nSPS) is 25.1. The zero-order valence-electron chi connectivity index (χ0n) is 7.05. The van der Waals surface area contributed by atoms with Crippen molar-refractivity contribution in [2.75, 3.05) is 13.1 Å². The fourth-order valence-corrected chi connectivity index (χ4v) is 1.91. The molecule has 0 spiro atoms. The standard InChI is InChI=1S/C9H12N2O/c10-7-9(3-1-2-4-9)8(12)11-5-6-11/h1-6H2. The van der Waals surface area contributed by atoms with Gasteiger partial charge in [0, 0.05) is 13.1 Å². The van der Waals surface area contributed by atoms with Crippen LogP contribution in [0, 0.1) is 16.7 Å². The summed E-state index contributed by atoms with van der Waals surface area (Å²) in [6.07, 6.45) is 3.62. The van der Waals surface area contributed by atoms with Gasteiger partial charge in [-0.2, -0.15) is 5.26 Å². The molecule has 2 fully saturated rings. The number of rotatable bonds is 1. The van der Waals surface area contributed by atoms with Crippen molar-refractivity contribution >= 4 is 5.91 Å². The Labute approximate surface area is 72.0 Å². The van der Waals surface area contributed by atoms with Crippen LogP contribution in [0.5, 0.6) is 0 Å². The summed E-state index contributed by atoms with van der Waals surface area (Å²) >= 11 is 0. The van der Waals surface area contributed by atoms with Crippen molar-refractivity contribution in [3.05, 3.63) is 0 Å². The first-order valence-corrected chi connectivity index (χ1v) is 4.49. The lowest BCUT2D eigenvalue weighted by Gasteiger charge is -2.18. The number of hydrogen-bond acceptors (Lipinski definition) is 2. The predicted octanol–water partition coefficient (Wildman–Crippen LogP) is 0.913. The van der Waals surface area contributed by atoms with Crippen LogP contribution in [0.4, 0.5) is 0 Å². The van der Waals surface area contributed by atoms with E-state index >= 15 is 0 Å². The van der Waals surface area contributed by atoms with E-state index in [0.717, 1.165) is 38.8 Å². The Morgan fingerprint density at radius 2 is 1.92 bits per heavy atom. The van der Waals surface area contributed by atoms with Crippen molar-refractivity contribution < 1.29 is 4.79 Å². The fraction of sp³-hybridized carbons (Fsp3) is 0.778. The average molecular weight is 164 g/mol. The Kier molecular flexibility index (Phi) is 1.57. The van der Waals surface area contributed by atoms with Crippen LogP contribution in [-0.4, -0.2) is 23.9 Å². The molecule has 12 heavy (non-hydrogen) atoms. The summed E-state index contributed by atoms with van der Waals surface area (Å²) in [7, 11) is 0. The lowest BCUT2D eigenvalue weighted by molar-refractivity contribution is -0.132. The Morgan fingerprint density at radius 1 is 1.33 bits per heavy atom. The molecule has 1 heterocycles. The van der Waals surface area contributed by atoms with Gasteiger partial charge in [0.15, 0.2) is 0 Å². The molecule has 1 aliphatic carbocycles. The van der Waals surface area contributed by atoms with E-state index in [1.165, 1.54) is 0 Å². The maximum atomic E-state index is 11.7. The largest absolute Gasteiger partial charge is 0.338 e. The SMILES string of the molecule is N#CC1(C(=O)N2CC2)CCCC1. The smallest absolute Gasteiger partial charge is 0.243 e. The monoisotopic (exact) mass is 164 g/mol. The lowest BCUT2D eigenvalue weighted by Crippen LogP contribution is -2.31. The second kappa shape index (κ2) is 2.48. The highest BCUT2D eigenvalue weighted by Crippen LogP contribution is 2.40. The maximum Gasteiger partial charge on any atom is 0.243 e. The quantitative estimate of drug-likeness (QED) is 0.541. The molecule has 0 bridgehead atoms. The molecule has 2 aliphatic rings. The third kappa shape index (κ3) is 0.989. The second-order valence-corrected chi connectivity index (χ2v) is 3.69. The number of nitriles is 1. The minimum Gasteiger partial charge on any atom is -0.338 e. The third-order valence-corrected chi connectivity index (χ3v) is 2.81. The van der Waals surface area contributed by atoms with Crippen molar-refractivity contribution in [1.82, 2.24) is 4.90 Å². The molecule has 1 saturated heterocycles. The van der Waals surface area contributed by atoms with Crippen molar-refractivity contribution in [3.63, 3.8) is 0 Å². The molecule has 1 amide bonds. The second-order valence-electron chi connectivity index (χ2n) is 3.69. The minimum absolute atomic E-state index is 0.0856. The average Bonchev–Trinajstić information content (AvgIpc) is 2.83. The molecule has 64 valence electrons. The van der Waals surface area contributed by atoms with E-state index in [9.17, 15) is 4.79 Å². The van der Waals surface area contributed by atoms with Gasteiger partial charge in [0.25, 0.3) is 0 Å². The van der Waals surface area contributed by atoms with E-state index in [2.05, 4.69) is 6.07 Å². The van der Waals surface area contributed by atoms with E-state index in [-0.39, 0.29) is 5.91 Å². The van der Waals surface area contributed by atoms with Gasteiger partial charge in [0.05, 0.1) is 6.07 Å². The highest BCUT2D eigenvalue weighted by molar-refractivity contribution is 5.87. The number of hydrogen-bond donors (Lipinski definition) is 0. The van der Waals surface area contributed by atoms with E-state index in [0.29, 0.717) is 0 Å². The zero-order chi connectivity index (χ0) is 8.60. The van der Waals surface area contributed by atoms with Gasteiger partial charge in [-0.25, -0.2) is 0 Å². The van der Waals surface area contributed by atoms with Crippen LogP contribution in [0.1, 0.15) is 25.7 Å². The first kappa shape index (κ1) is 7.60. The van der Waals surface area contributed by atoms with Crippen LogP contribution in [0.25, 0.3) is 0 Å². The van der Waals surface area contributed by atoms with Crippen molar-refractivity contribution in [1.29, 1.82) is 5.26 Å². The maximum absolute atomic E-state index is 11.7. The highest BCUT2D eigenvalue weighted by Gasteiger charge is 2.46. The van der Waals surface area contributed by atoms with Crippen LogP contribution in [0.15, 0.2) is 0 Å². The molecule has 1 aliphatic heterocycles. The van der Waals surface area contributed by atoms with Crippen molar-refractivity contribution in [2.24, 2.45) is 5.41 Å². The lowest BCUT2D eigenvalue weighted by atomic mass is 9.87. The Bertz CT molecular complexity index is 244. The Balaban J connectivity index is 2.16. The fourth-order valence-electron chi connectivity index (χ4n) is 1.91. The molecule has 0 radical (unpaired) electrons. The summed E-state index contributed by atoms with van der Waals surface area (Å²) in [5.74, 6) is 0.0856. The van der Waals surface area contributed by atoms with Gasteiger partial charge in [0.1, 0.15) is 5.41 Å². The van der Waals surface area contributed by atoms with Crippen LogP contribution in [0.3, 0.4) is 0 Å². The van der Waals surface area contributed by atoms with E-state index in [4.69, 9.17) is 5.26 Å². The van der Waals surface area contributed by atoms with Gasteiger partial charge < -0.3 is 4.90 Å². The number of nitrogens with zero attached hydrogens (tertiary/aromatic N) is 2. The van der Waals surface area contributed by atoms with Gasteiger partial charge in [-0.3, -0.25) is 4.79 Å². The van der Waals surface area contributed by atoms with Gasteiger partial charge in [-0.15, -0.1) is 0 Å². The number of carbonyl (C=O) groups is 1. The minimum atomic E-state index is -0.628. The predicted molar refractivity (Wildman–Crippen MR) is 43.1 cm³/mol. The molecular weight excluding hydrogens is 152 g/mol. The summed E-state index contributed by atoms with van der Waals surface area (Å²) in [5, 5.41) is 8.97. The molecule has 0 aromatic rings.